The fraction of sp³-hybridized carbons (Fsp3) is 0.500. The van der Waals surface area contributed by atoms with Crippen molar-refractivity contribution in [3.05, 3.63) is 21.8 Å². The van der Waals surface area contributed by atoms with Gasteiger partial charge in [0.1, 0.15) is 5.69 Å². The molecule has 0 aromatic carbocycles. The zero-order chi connectivity index (χ0) is 10.6. The zero-order valence-corrected chi connectivity index (χ0v) is 9.44. The molecule has 1 aromatic heterocycles. The van der Waals surface area contributed by atoms with Crippen molar-refractivity contribution in [2.75, 3.05) is 17.2 Å². The quantitative estimate of drug-likeness (QED) is 0.628. The minimum Gasteiger partial charge on any atom is -0.392 e. The van der Waals surface area contributed by atoms with Gasteiger partial charge in [0.05, 0.1) is 6.33 Å². The Kier molecular flexibility index (Phi) is 4.28. The third-order valence-corrected chi connectivity index (χ3v) is 2.89. The molecular formula is C8H12ClN3OS. The van der Waals surface area contributed by atoms with Crippen LogP contribution in [0.2, 0.25) is 5.15 Å². The summed E-state index contributed by atoms with van der Waals surface area (Å²) in [5.74, 6) is 1.91. The molecular weight excluding hydrogens is 222 g/mol. The van der Waals surface area contributed by atoms with E-state index in [0.717, 1.165) is 11.5 Å². The zero-order valence-electron chi connectivity index (χ0n) is 7.86. The molecule has 14 heavy (non-hydrogen) atoms. The van der Waals surface area contributed by atoms with Crippen molar-refractivity contribution in [1.29, 1.82) is 0 Å². The summed E-state index contributed by atoms with van der Waals surface area (Å²) in [5, 5.41) is 0.0781. The summed E-state index contributed by atoms with van der Waals surface area (Å²) in [4.78, 5) is 15.3. The molecule has 0 radical (unpaired) electrons. The van der Waals surface area contributed by atoms with Gasteiger partial charge in [-0.1, -0.05) is 18.5 Å². The van der Waals surface area contributed by atoms with E-state index in [-0.39, 0.29) is 16.4 Å². The number of nitrogen functional groups attached to an aromatic ring is 1. The Morgan fingerprint density at radius 1 is 1.71 bits per heavy atom. The number of nitrogens with zero attached hydrogens (tertiary/aromatic N) is 2. The number of halogens is 1. The maximum Gasteiger partial charge on any atom is 0.278 e. The van der Waals surface area contributed by atoms with Crippen LogP contribution in [-0.2, 0) is 6.54 Å². The molecule has 0 aliphatic carbocycles. The first-order valence-electron chi connectivity index (χ1n) is 4.25. The Balaban J connectivity index is 2.79. The molecule has 0 saturated heterocycles. The number of rotatable bonds is 4. The lowest BCUT2D eigenvalue weighted by molar-refractivity contribution is 0.717. The van der Waals surface area contributed by atoms with Crippen LogP contribution in [0.1, 0.15) is 6.92 Å². The van der Waals surface area contributed by atoms with E-state index in [1.165, 1.54) is 10.9 Å². The van der Waals surface area contributed by atoms with E-state index in [4.69, 9.17) is 17.3 Å². The fourth-order valence-electron chi connectivity index (χ4n) is 0.952. The van der Waals surface area contributed by atoms with Crippen LogP contribution in [0.15, 0.2) is 11.1 Å². The summed E-state index contributed by atoms with van der Waals surface area (Å²) in [6.07, 6.45) is 1.43. The maximum absolute atomic E-state index is 11.5. The number of aryl methyl sites for hydroxylation is 1. The second kappa shape index (κ2) is 5.26. The minimum atomic E-state index is -0.262. The van der Waals surface area contributed by atoms with Crippen LogP contribution in [0.25, 0.3) is 0 Å². The van der Waals surface area contributed by atoms with Crippen molar-refractivity contribution in [2.45, 2.75) is 13.5 Å². The van der Waals surface area contributed by atoms with Gasteiger partial charge in [-0.05, 0) is 5.75 Å². The normalized spacial score (nSPS) is 10.4. The summed E-state index contributed by atoms with van der Waals surface area (Å²) >= 11 is 7.35. The maximum atomic E-state index is 11.5. The number of hydrogen-bond donors (Lipinski definition) is 1. The lowest BCUT2D eigenvalue weighted by atomic mass is 10.5. The summed E-state index contributed by atoms with van der Waals surface area (Å²) < 4.78 is 1.48. The monoisotopic (exact) mass is 233 g/mol. The second-order valence-corrected chi connectivity index (χ2v) is 4.40. The molecule has 0 atom stereocenters. The van der Waals surface area contributed by atoms with Gasteiger partial charge in [0.25, 0.3) is 5.56 Å². The summed E-state index contributed by atoms with van der Waals surface area (Å²) in [6.45, 7) is 2.69. The fourth-order valence-corrected chi connectivity index (χ4v) is 1.69. The molecule has 1 rings (SSSR count). The van der Waals surface area contributed by atoms with E-state index < -0.39 is 0 Å². The van der Waals surface area contributed by atoms with Crippen molar-refractivity contribution < 1.29 is 0 Å². The third-order valence-electron chi connectivity index (χ3n) is 1.70. The third kappa shape index (κ3) is 2.65. The minimum absolute atomic E-state index is 0.0238. The number of anilines is 1. The first-order valence-corrected chi connectivity index (χ1v) is 5.78. The lowest BCUT2D eigenvalue weighted by Crippen LogP contribution is -2.24. The van der Waals surface area contributed by atoms with Crippen LogP contribution in [0, 0.1) is 0 Å². The molecule has 0 fully saturated rings. The predicted octanol–water partition coefficient (Wildman–Crippen LogP) is 1.23. The summed E-state index contributed by atoms with van der Waals surface area (Å²) in [5.41, 5.74) is 5.21. The van der Waals surface area contributed by atoms with Gasteiger partial charge in [-0.25, -0.2) is 4.98 Å². The average Bonchev–Trinajstić information content (AvgIpc) is 2.18. The molecule has 6 heteroatoms. The van der Waals surface area contributed by atoms with E-state index >= 15 is 0 Å². The van der Waals surface area contributed by atoms with Crippen LogP contribution in [0.4, 0.5) is 5.69 Å². The largest absolute Gasteiger partial charge is 0.392 e. The van der Waals surface area contributed by atoms with Crippen molar-refractivity contribution in [2.24, 2.45) is 0 Å². The Morgan fingerprint density at radius 3 is 3.07 bits per heavy atom. The first kappa shape index (κ1) is 11.4. The van der Waals surface area contributed by atoms with Gasteiger partial charge in [0, 0.05) is 12.3 Å². The van der Waals surface area contributed by atoms with Gasteiger partial charge in [-0.3, -0.25) is 9.36 Å². The van der Waals surface area contributed by atoms with Crippen molar-refractivity contribution in [1.82, 2.24) is 9.55 Å². The standard InChI is InChI=1S/C8H12ClN3OS/c1-2-14-4-3-12-5-11-7(9)6(10)8(12)13/h5H,2-4,10H2,1H3. The van der Waals surface area contributed by atoms with Crippen LogP contribution in [0.5, 0.6) is 0 Å². The SMILES string of the molecule is CCSCCn1cnc(Cl)c(N)c1=O. The number of hydrogen-bond acceptors (Lipinski definition) is 4. The Labute approximate surface area is 91.5 Å². The molecule has 0 unspecified atom stereocenters. The topological polar surface area (TPSA) is 60.9 Å². The molecule has 0 spiro atoms. The highest BCUT2D eigenvalue weighted by Gasteiger charge is 2.05. The number of aromatic nitrogens is 2. The molecule has 1 heterocycles. The molecule has 2 N–H and O–H groups in total. The molecule has 0 bridgehead atoms. The number of nitrogens with two attached hydrogens (primary N) is 1. The highest BCUT2D eigenvalue weighted by molar-refractivity contribution is 7.99. The predicted molar refractivity (Wildman–Crippen MR) is 60.9 cm³/mol. The van der Waals surface area contributed by atoms with Crippen LogP contribution in [0.3, 0.4) is 0 Å². The number of thioether (sulfide) groups is 1. The van der Waals surface area contributed by atoms with E-state index in [1.54, 1.807) is 11.8 Å². The van der Waals surface area contributed by atoms with E-state index in [9.17, 15) is 4.79 Å². The van der Waals surface area contributed by atoms with Crippen LogP contribution < -0.4 is 11.3 Å². The van der Waals surface area contributed by atoms with Crippen LogP contribution >= 0.6 is 23.4 Å². The Hall–Kier alpha value is -0.680. The molecule has 0 amide bonds. The Morgan fingerprint density at radius 2 is 2.43 bits per heavy atom. The Bertz CT molecular complexity index is 366. The smallest absolute Gasteiger partial charge is 0.278 e. The average molecular weight is 234 g/mol. The highest BCUT2D eigenvalue weighted by Crippen LogP contribution is 2.08. The van der Waals surface area contributed by atoms with Crippen molar-refractivity contribution in [3.63, 3.8) is 0 Å². The summed E-state index contributed by atoms with van der Waals surface area (Å²) in [7, 11) is 0. The van der Waals surface area contributed by atoms with Crippen LogP contribution in [-0.4, -0.2) is 21.1 Å². The van der Waals surface area contributed by atoms with Gasteiger partial charge in [0.15, 0.2) is 5.15 Å². The van der Waals surface area contributed by atoms with E-state index in [1.807, 2.05) is 0 Å². The molecule has 1 aromatic rings. The molecule has 0 aliphatic rings. The van der Waals surface area contributed by atoms with Gasteiger partial charge >= 0.3 is 0 Å². The highest BCUT2D eigenvalue weighted by atomic mass is 35.5. The first-order chi connectivity index (χ1) is 6.66. The molecule has 4 nitrogen and oxygen atoms in total. The van der Waals surface area contributed by atoms with Crippen molar-refractivity contribution in [3.8, 4) is 0 Å². The molecule has 0 saturated carbocycles. The van der Waals surface area contributed by atoms with Crippen molar-refractivity contribution >= 4 is 29.1 Å². The van der Waals surface area contributed by atoms with Gasteiger partial charge in [-0.2, -0.15) is 11.8 Å². The van der Waals surface area contributed by atoms with Gasteiger partial charge in [0.2, 0.25) is 0 Å². The van der Waals surface area contributed by atoms with Gasteiger partial charge in [-0.15, -0.1) is 0 Å². The molecule has 0 aliphatic heterocycles. The second-order valence-electron chi connectivity index (χ2n) is 2.64. The van der Waals surface area contributed by atoms with E-state index in [2.05, 4.69) is 11.9 Å². The van der Waals surface area contributed by atoms with Gasteiger partial charge < -0.3 is 5.73 Å². The molecule has 78 valence electrons. The lowest BCUT2D eigenvalue weighted by Gasteiger charge is -2.05. The summed E-state index contributed by atoms with van der Waals surface area (Å²) in [6, 6.07) is 0. The van der Waals surface area contributed by atoms with E-state index in [0.29, 0.717) is 6.54 Å².